The quantitative estimate of drug-likeness (QED) is 0.524. The highest BCUT2D eigenvalue weighted by Crippen LogP contribution is 2.31. The van der Waals surface area contributed by atoms with Gasteiger partial charge in [0.15, 0.2) is 5.76 Å². The summed E-state index contributed by atoms with van der Waals surface area (Å²) in [6, 6.07) is 13.7. The lowest BCUT2D eigenvalue weighted by Gasteiger charge is -2.10. The molecule has 1 aromatic carbocycles. The Morgan fingerprint density at radius 1 is 1.00 bits per heavy atom. The highest BCUT2D eigenvalue weighted by molar-refractivity contribution is 5.78. The van der Waals surface area contributed by atoms with Crippen molar-refractivity contribution in [2.24, 2.45) is 0 Å². The van der Waals surface area contributed by atoms with Crippen molar-refractivity contribution < 1.29 is 9.26 Å². The number of ether oxygens (including phenoxy) is 1. The van der Waals surface area contributed by atoms with E-state index in [4.69, 9.17) is 14.2 Å². The Kier molecular flexibility index (Phi) is 5.20. The van der Waals surface area contributed by atoms with E-state index in [1.54, 1.807) is 19.5 Å². The van der Waals surface area contributed by atoms with E-state index in [2.05, 4.69) is 20.4 Å². The number of anilines is 1. The highest BCUT2D eigenvalue weighted by atomic mass is 16.5. The molecule has 0 saturated heterocycles. The van der Waals surface area contributed by atoms with Crippen LogP contribution in [0.3, 0.4) is 0 Å². The molecule has 1 N–H and O–H groups in total. The molecule has 0 amide bonds. The summed E-state index contributed by atoms with van der Waals surface area (Å²) in [5.74, 6) is 1.95. The average molecular weight is 387 g/mol. The van der Waals surface area contributed by atoms with E-state index < -0.39 is 0 Å². The van der Waals surface area contributed by atoms with E-state index in [-0.39, 0.29) is 0 Å². The normalized spacial score (nSPS) is 10.7. The second-order valence-electron chi connectivity index (χ2n) is 6.68. The van der Waals surface area contributed by atoms with Crippen LogP contribution < -0.4 is 10.1 Å². The van der Waals surface area contributed by atoms with Crippen LogP contribution in [0.15, 0.2) is 59.4 Å². The highest BCUT2D eigenvalue weighted by Gasteiger charge is 2.15. The zero-order valence-electron chi connectivity index (χ0n) is 16.5. The Morgan fingerprint density at radius 3 is 2.62 bits per heavy atom. The summed E-state index contributed by atoms with van der Waals surface area (Å²) in [6.45, 7) is 4.40. The van der Waals surface area contributed by atoms with Crippen molar-refractivity contribution in [3.8, 4) is 28.3 Å². The number of aryl methyl sites for hydroxylation is 2. The lowest BCUT2D eigenvalue weighted by Crippen LogP contribution is -2.05. The van der Waals surface area contributed by atoms with Crippen molar-refractivity contribution in [3.63, 3.8) is 0 Å². The molecule has 29 heavy (non-hydrogen) atoms. The summed E-state index contributed by atoms with van der Waals surface area (Å²) in [7, 11) is 1.65. The van der Waals surface area contributed by atoms with Crippen LogP contribution in [0.2, 0.25) is 0 Å². The fourth-order valence-electron chi connectivity index (χ4n) is 2.93. The Balaban J connectivity index is 1.67. The van der Waals surface area contributed by atoms with Crippen LogP contribution in [0, 0.1) is 13.8 Å². The van der Waals surface area contributed by atoms with Crippen LogP contribution in [0.4, 0.5) is 5.95 Å². The molecule has 0 fully saturated rings. The minimum atomic E-state index is 0.517. The number of aromatic nitrogens is 4. The van der Waals surface area contributed by atoms with E-state index >= 15 is 0 Å². The van der Waals surface area contributed by atoms with E-state index in [0.717, 1.165) is 39.5 Å². The smallest absolute Gasteiger partial charge is 0.223 e. The van der Waals surface area contributed by atoms with E-state index in [1.807, 2.05) is 56.3 Å². The number of hydrogen-bond donors (Lipinski definition) is 1. The van der Waals surface area contributed by atoms with Crippen LogP contribution in [0.25, 0.3) is 22.6 Å². The van der Waals surface area contributed by atoms with Gasteiger partial charge in [-0.05, 0) is 43.7 Å². The first-order valence-corrected chi connectivity index (χ1v) is 9.23. The number of pyridine rings is 1. The van der Waals surface area contributed by atoms with Crippen molar-refractivity contribution in [3.05, 3.63) is 71.8 Å². The molecule has 3 heterocycles. The molecule has 3 aromatic heterocycles. The third kappa shape index (κ3) is 4.24. The van der Waals surface area contributed by atoms with Gasteiger partial charge < -0.3 is 14.6 Å². The molecule has 7 nitrogen and oxygen atoms in total. The SMILES string of the molecule is COc1cccc(CNc2ncc(-c3cc(C)no3)c(-c3ccc(C)nc3)n2)c1. The van der Waals surface area contributed by atoms with Gasteiger partial charge in [0.2, 0.25) is 5.95 Å². The molecule has 0 unspecified atom stereocenters. The van der Waals surface area contributed by atoms with E-state index in [0.29, 0.717) is 18.3 Å². The minimum absolute atomic E-state index is 0.517. The van der Waals surface area contributed by atoms with Crippen LogP contribution in [-0.4, -0.2) is 27.2 Å². The summed E-state index contributed by atoms with van der Waals surface area (Å²) in [5.41, 5.74) is 5.19. The van der Waals surface area contributed by atoms with Crippen LogP contribution in [-0.2, 0) is 6.54 Å². The zero-order valence-corrected chi connectivity index (χ0v) is 16.5. The largest absolute Gasteiger partial charge is 0.497 e. The first kappa shape index (κ1) is 18.6. The molecule has 0 atom stereocenters. The third-order valence-electron chi connectivity index (χ3n) is 4.45. The van der Waals surface area contributed by atoms with Gasteiger partial charge in [-0.15, -0.1) is 0 Å². The van der Waals surface area contributed by atoms with Crippen molar-refractivity contribution in [2.45, 2.75) is 20.4 Å². The van der Waals surface area contributed by atoms with Crippen molar-refractivity contribution in [1.82, 2.24) is 20.1 Å². The number of nitrogens with zero attached hydrogens (tertiary/aromatic N) is 4. The molecule has 0 spiro atoms. The minimum Gasteiger partial charge on any atom is -0.497 e. The summed E-state index contributed by atoms with van der Waals surface area (Å²) < 4.78 is 10.7. The number of rotatable bonds is 6. The second-order valence-corrected chi connectivity index (χ2v) is 6.68. The van der Waals surface area contributed by atoms with Crippen molar-refractivity contribution in [1.29, 1.82) is 0 Å². The Bertz CT molecular complexity index is 1120. The number of nitrogens with one attached hydrogen (secondary N) is 1. The van der Waals surface area contributed by atoms with Gasteiger partial charge in [0, 0.05) is 36.3 Å². The van der Waals surface area contributed by atoms with Crippen LogP contribution >= 0.6 is 0 Å². The molecule has 4 rings (SSSR count). The first-order valence-electron chi connectivity index (χ1n) is 9.23. The topological polar surface area (TPSA) is 86.0 Å². The number of hydrogen-bond acceptors (Lipinski definition) is 7. The summed E-state index contributed by atoms with van der Waals surface area (Å²) in [4.78, 5) is 13.6. The lowest BCUT2D eigenvalue weighted by atomic mass is 10.1. The van der Waals surface area contributed by atoms with Crippen molar-refractivity contribution in [2.75, 3.05) is 12.4 Å². The summed E-state index contributed by atoms with van der Waals surface area (Å²) >= 11 is 0. The van der Waals surface area contributed by atoms with Gasteiger partial charge in [0.1, 0.15) is 5.75 Å². The van der Waals surface area contributed by atoms with Gasteiger partial charge in [0.05, 0.1) is 24.1 Å². The molecule has 0 aliphatic carbocycles. The van der Waals surface area contributed by atoms with Gasteiger partial charge >= 0.3 is 0 Å². The first-order chi connectivity index (χ1) is 14.1. The zero-order chi connectivity index (χ0) is 20.2. The number of benzene rings is 1. The maximum Gasteiger partial charge on any atom is 0.223 e. The average Bonchev–Trinajstić information content (AvgIpc) is 3.19. The standard InChI is InChI=1S/C22H21N5O2/c1-14-7-8-17(12-23-14)21-19(20-9-15(2)27-29-20)13-25-22(26-21)24-11-16-5-4-6-18(10-16)28-3/h4-10,12-13H,11H2,1-3H3,(H,24,25,26). The van der Waals surface area contributed by atoms with Gasteiger partial charge in [-0.25, -0.2) is 9.97 Å². The molecular formula is C22H21N5O2. The molecule has 4 aromatic rings. The van der Waals surface area contributed by atoms with Crippen LogP contribution in [0.1, 0.15) is 17.0 Å². The molecule has 146 valence electrons. The fraction of sp³-hybridized carbons (Fsp3) is 0.182. The molecule has 0 aliphatic heterocycles. The van der Waals surface area contributed by atoms with Gasteiger partial charge in [-0.3, -0.25) is 4.98 Å². The summed E-state index contributed by atoms with van der Waals surface area (Å²) in [6.07, 6.45) is 3.55. The Morgan fingerprint density at radius 2 is 1.90 bits per heavy atom. The van der Waals surface area contributed by atoms with E-state index in [1.165, 1.54) is 0 Å². The number of methoxy groups -OCH3 is 1. The molecular weight excluding hydrogens is 366 g/mol. The molecule has 0 radical (unpaired) electrons. The maximum atomic E-state index is 5.45. The van der Waals surface area contributed by atoms with Crippen LogP contribution in [0.5, 0.6) is 5.75 Å². The lowest BCUT2D eigenvalue weighted by molar-refractivity contribution is 0.414. The molecule has 0 bridgehead atoms. The van der Waals surface area contributed by atoms with Gasteiger partial charge in [0.25, 0.3) is 0 Å². The summed E-state index contributed by atoms with van der Waals surface area (Å²) in [5, 5.41) is 7.26. The Labute approximate surface area is 168 Å². The van der Waals surface area contributed by atoms with E-state index in [9.17, 15) is 0 Å². The van der Waals surface area contributed by atoms with Crippen molar-refractivity contribution >= 4 is 5.95 Å². The second kappa shape index (κ2) is 8.10. The predicted molar refractivity (Wildman–Crippen MR) is 111 cm³/mol. The molecule has 0 aliphatic rings. The van der Waals surface area contributed by atoms with Gasteiger partial charge in [-0.1, -0.05) is 17.3 Å². The Hall–Kier alpha value is -3.74. The third-order valence-corrected chi connectivity index (χ3v) is 4.45. The predicted octanol–water partition coefficient (Wildman–Crippen LogP) is 4.43. The monoisotopic (exact) mass is 387 g/mol. The molecule has 0 saturated carbocycles. The van der Waals surface area contributed by atoms with Gasteiger partial charge in [-0.2, -0.15) is 0 Å². The maximum absolute atomic E-state index is 5.45. The molecule has 7 heteroatoms. The fourth-order valence-corrected chi connectivity index (χ4v) is 2.93.